The smallest absolute Gasteiger partial charge is 0.0409 e. The summed E-state index contributed by atoms with van der Waals surface area (Å²) in [6.45, 7) is 9.82. The van der Waals surface area contributed by atoms with E-state index in [9.17, 15) is 0 Å². The second-order valence-corrected chi connectivity index (χ2v) is 6.57. The van der Waals surface area contributed by atoms with Gasteiger partial charge in [0.2, 0.25) is 0 Å². The molecule has 1 aromatic carbocycles. The minimum Gasteiger partial charge on any atom is -0.306 e. The molecule has 1 aliphatic rings. The fourth-order valence-electron chi connectivity index (χ4n) is 2.78. The van der Waals surface area contributed by atoms with Crippen LogP contribution >= 0.6 is 11.6 Å². The summed E-state index contributed by atoms with van der Waals surface area (Å²) in [6.07, 6.45) is 3.35. The van der Waals surface area contributed by atoms with E-state index in [1.165, 1.54) is 16.7 Å². The average Bonchev–Trinajstić information content (AvgIpc) is 2.50. The average molecular weight is 264 g/mol. The molecule has 0 fully saturated rings. The second kappa shape index (κ2) is 5.07. The summed E-state index contributed by atoms with van der Waals surface area (Å²) in [5.74, 6) is 0. The lowest BCUT2D eigenvalue weighted by Crippen LogP contribution is -2.31. The Morgan fingerprint density at radius 3 is 2.83 bits per heavy atom. The van der Waals surface area contributed by atoms with Crippen LogP contribution in [-0.2, 0) is 6.42 Å². The summed E-state index contributed by atoms with van der Waals surface area (Å²) in [5.41, 5.74) is 4.40. The molecule has 0 aromatic heterocycles. The third kappa shape index (κ3) is 2.78. The highest BCUT2D eigenvalue weighted by molar-refractivity contribution is 6.30. The number of hydrogen-bond donors (Lipinski definition) is 1. The Morgan fingerprint density at radius 1 is 1.44 bits per heavy atom. The molecule has 0 amide bonds. The monoisotopic (exact) mass is 263 g/mol. The van der Waals surface area contributed by atoms with Gasteiger partial charge in [0.25, 0.3) is 0 Å². The zero-order chi connectivity index (χ0) is 13.3. The lowest BCUT2D eigenvalue weighted by atomic mass is 9.85. The van der Waals surface area contributed by atoms with E-state index in [0.717, 1.165) is 18.0 Å². The maximum atomic E-state index is 6.13. The minimum atomic E-state index is 0.252. The Labute approximate surface area is 115 Å². The highest BCUT2D eigenvalue weighted by atomic mass is 35.5. The number of fused-ring (bicyclic) bond motifs is 1. The molecule has 0 aliphatic heterocycles. The second-order valence-electron chi connectivity index (χ2n) is 6.13. The van der Waals surface area contributed by atoms with Crippen LogP contribution in [0.1, 0.15) is 44.9 Å². The van der Waals surface area contributed by atoms with Crippen molar-refractivity contribution in [1.82, 2.24) is 5.32 Å². The van der Waals surface area contributed by atoms with E-state index in [0.29, 0.717) is 6.04 Å². The molecule has 1 aromatic rings. The zero-order valence-electron chi connectivity index (χ0n) is 11.7. The summed E-state index contributed by atoms with van der Waals surface area (Å²) < 4.78 is 0. The van der Waals surface area contributed by atoms with Crippen molar-refractivity contribution in [1.29, 1.82) is 0 Å². The van der Waals surface area contributed by atoms with Crippen molar-refractivity contribution in [3.63, 3.8) is 0 Å². The molecule has 1 N–H and O–H groups in total. The predicted octanol–water partition coefficient (Wildman–Crippen LogP) is 4.52. The quantitative estimate of drug-likeness (QED) is 0.791. The van der Waals surface area contributed by atoms with E-state index in [1.54, 1.807) is 0 Å². The molecule has 1 aliphatic carbocycles. The molecule has 0 bridgehead atoms. The largest absolute Gasteiger partial charge is 0.306 e. The van der Waals surface area contributed by atoms with Crippen molar-refractivity contribution in [2.75, 3.05) is 6.54 Å². The Morgan fingerprint density at radius 2 is 2.17 bits per heavy atom. The summed E-state index contributed by atoms with van der Waals surface area (Å²) in [7, 11) is 0. The van der Waals surface area contributed by atoms with Gasteiger partial charge in [-0.05, 0) is 48.9 Å². The highest BCUT2D eigenvalue weighted by Gasteiger charge is 2.38. The number of halogens is 1. The number of benzene rings is 1. The number of hydrogen-bond acceptors (Lipinski definition) is 1. The molecular formula is C16H22ClN. The summed E-state index contributed by atoms with van der Waals surface area (Å²) in [6, 6.07) is 6.67. The van der Waals surface area contributed by atoms with E-state index in [2.05, 4.69) is 51.2 Å². The highest BCUT2D eigenvalue weighted by Crippen LogP contribution is 2.45. The molecule has 0 spiro atoms. The molecule has 18 heavy (non-hydrogen) atoms. The molecule has 2 rings (SSSR count). The zero-order valence-corrected chi connectivity index (χ0v) is 12.4. The van der Waals surface area contributed by atoms with Crippen molar-refractivity contribution < 1.29 is 0 Å². The summed E-state index contributed by atoms with van der Waals surface area (Å²) >= 11 is 6.13. The van der Waals surface area contributed by atoms with Gasteiger partial charge in [-0.2, -0.15) is 0 Å². The maximum Gasteiger partial charge on any atom is 0.0409 e. The first kappa shape index (κ1) is 13.6. The van der Waals surface area contributed by atoms with Crippen molar-refractivity contribution in [2.24, 2.45) is 5.41 Å². The predicted molar refractivity (Wildman–Crippen MR) is 79.1 cm³/mol. The van der Waals surface area contributed by atoms with Gasteiger partial charge in [0.05, 0.1) is 0 Å². The van der Waals surface area contributed by atoms with E-state index >= 15 is 0 Å². The molecule has 0 heterocycles. The SMILES string of the molecule is CC(C)=CCNC1c2cc(Cl)ccc2CC1(C)C. The fourth-order valence-corrected chi connectivity index (χ4v) is 2.96. The van der Waals surface area contributed by atoms with Gasteiger partial charge in [0.15, 0.2) is 0 Å². The molecule has 2 heteroatoms. The standard InChI is InChI=1S/C16H22ClN/c1-11(2)7-8-18-15-14-9-13(17)6-5-12(14)10-16(15,3)4/h5-7,9,15,18H,8,10H2,1-4H3. The maximum absolute atomic E-state index is 6.13. The third-order valence-corrected chi connectivity index (χ3v) is 3.91. The summed E-state index contributed by atoms with van der Waals surface area (Å²) in [4.78, 5) is 0. The van der Waals surface area contributed by atoms with Crippen molar-refractivity contribution in [2.45, 2.75) is 40.2 Å². The Bertz CT molecular complexity index is 470. The first-order valence-corrected chi connectivity index (χ1v) is 6.93. The van der Waals surface area contributed by atoms with Gasteiger partial charge in [-0.3, -0.25) is 0 Å². The Hall–Kier alpha value is -0.790. The van der Waals surface area contributed by atoms with Crippen LogP contribution in [0.3, 0.4) is 0 Å². The number of rotatable bonds is 3. The molecule has 0 radical (unpaired) electrons. The normalized spacial score (nSPS) is 20.6. The summed E-state index contributed by atoms with van der Waals surface area (Å²) in [5, 5.41) is 4.49. The van der Waals surface area contributed by atoms with Crippen LogP contribution in [0.5, 0.6) is 0 Å². The molecule has 0 saturated heterocycles. The minimum absolute atomic E-state index is 0.252. The van der Waals surface area contributed by atoms with E-state index < -0.39 is 0 Å². The van der Waals surface area contributed by atoms with E-state index in [4.69, 9.17) is 11.6 Å². The Balaban J connectivity index is 2.23. The molecule has 0 saturated carbocycles. The fraction of sp³-hybridized carbons (Fsp3) is 0.500. The van der Waals surface area contributed by atoms with Crippen LogP contribution in [0, 0.1) is 5.41 Å². The van der Waals surface area contributed by atoms with E-state index in [-0.39, 0.29) is 5.41 Å². The van der Waals surface area contributed by atoms with Crippen molar-refractivity contribution in [3.8, 4) is 0 Å². The molecule has 1 nitrogen and oxygen atoms in total. The van der Waals surface area contributed by atoms with E-state index in [1.807, 2.05) is 6.07 Å². The number of nitrogens with one attached hydrogen (secondary N) is 1. The van der Waals surface area contributed by atoms with Crippen molar-refractivity contribution in [3.05, 3.63) is 46.0 Å². The lowest BCUT2D eigenvalue weighted by Gasteiger charge is -2.28. The first-order chi connectivity index (χ1) is 8.40. The van der Waals surface area contributed by atoms with Crippen LogP contribution in [0.25, 0.3) is 0 Å². The van der Waals surface area contributed by atoms with Gasteiger partial charge in [0.1, 0.15) is 0 Å². The van der Waals surface area contributed by atoms with Crippen molar-refractivity contribution >= 4 is 11.6 Å². The van der Waals surface area contributed by atoms with Crippen LogP contribution in [0.15, 0.2) is 29.8 Å². The Kier molecular flexibility index (Phi) is 3.84. The lowest BCUT2D eigenvalue weighted by molar-refractivity contribution is 0.276. The molecule has 1 atom stereocenters. The van der Waals surface area contributed by atoms with Gasteiger partial charge >= 0.3 is 0 Å². The van der Waals surface area contributed by atoms with Crippen LogP contribution in [0.4, 0.5) is 0 Å². The molecule has 98 valence electrons. The van der Waals surface area contributed by atoms with Gasteiger partial charge < -0.3 is 5.32 Å². The van der Waals surface area contributed by atoms with Gasteiger partial charge in [-0.15, -0.1) is 0 Å². The van der Waals surface area contributed by atoms with Gasteiger partial charge in [-0.1, -0.05) is 43.2 Å². The number of allylic oxidation sites excluding steroid dienone is 1. The van der Waals surface area contributed by atoms with Gasteiger partial charge in [-0.25, -0.2) is 0 Å². The van der Waals surface area contributed by atoms with Crippen LogP contribution in [-0.4, -0.2) is 6.54 Å². The molecule has 1 unspecified atom stereocenters. The van der Waals surface area contributed by atoms with Crippen LogP contribution in [0.2, 0.25) is 5.02 Å². The van der Waals surface area contributed by atoms with Crippen LogP contribution < -0.4 is 5.32 Å². The third-order valence-electron chi connectivity index (χ3n) is 3.68. The van der Waals surface area contributed by atoms with Gasteiger partial charge in [0, 0.05) is 17.6 Å². The first-order valence-electron chi connectivity index (χ1n) is 6.55. The molecular weight excluding hydrogens is 242 g/mol. The topological polar surface area (TPSA) is 12.0 Å².